The highest BCUT2D eigenvalue weighted by molar-refractivity contribution is 5.82. The molecule has 3 rings (SSSR count). The molecule has 2 fully saturated rings. The van der Waals surface area contributed by atoms with Crippen LogP contribution in [0.1, 0.15) is 30.7 Å². The van der Waals surface area contributed by atoms with Gasteiger partial charge in [0.15, 0.2) is 0 Å². The van der Waals surface area contributed by atoms with Crippen molar-refractivity contribution in [3.8, 4) is 0 Å². The number of carbonyl (C=O) groups excluding carboxylic acids is 1. The van der Waals surface area contributed by atoms with E-state index in [9.17, 15) is 13.6 Å². The Morgan fingerprint density at radius 1 is 1.33 bits per heavy atom. The van der Waals surface area contributed by atoms with Crippen molar-refractivity contribution in [1.29, 1.82) is 0 Å². The van der Waals surface area contributed by atoms with Gasteiger partial charge in [-0.15, -0.1) is 0 Å². The van der Waals surface area contributed by atoms with Crippen LogP contribution in [0.2, 0.25) is 0 Å². The first-order chi connectivity index (χ1) is 10.1. The lowest BCUT2D eigenvalue weighted by Gasteiger charge is -2.06. The molecule has 3 nitrogen and oxygen atoms in total. The standard InChI is InChI=1S/C16H19F2NO2/c17-11-3-4-12(15(18)7-11)13-8-14(13)16(20)19-5-6-21-9-10-1-2-10/h3-4,7,10,13-14H,1-2,5-6,8-9H2,(H,19,20)/t13-,14+/m0/s1. The molecule has 1 N–H and O–H groups in total. The highest BCUT2D eigenvalue weighted by atomic mass is 19.1. The number of carbonyl (C=O) groups is 1. The van der Waals surface area contributed by atoms with Crippen LogP contribution in [0.4, 0.5) is 8.78 Å². The number of nitrogens with one attached hydrogen (secondary N) is 1. The van der Waals surface area contributed by atoms with Gasteiger partial charge >= 0.3 is 0 Å². The summed E-state index contributed by atoms with van der Waals surface area (Å²) in [5, 5.41) is 2.81. The van der Waals surface area contributed by atoms with Gasteiger partial charge in [-0.1, -0.05) is 6.07 Å². The molecule has 0 saturated heterocycles. The first kappa shape index (κ1) is 14.4. The Bertz CT molecular complexity index is 531. The molecule has 0 spiro atoms. The van der Waals surface area contributed by atoms with Gasteiger partial charge in [0.05, 0.1) is 6.61 Å². The van der Waals surface area contributed by atoms with E-state index in [1.807, 2.05) is 0 Å². The smallest absolute Gasteiger partial charge is 0.223 e. The molecular formula is C16H19F2NO2. The summed E-state index contributed by atoms with van der Waals surface area (Å²) in [7, 11) is 0. The quantitative estimate of drug-likeness (QED) is 0.785. The maximum absolute atomic E-state index is 13.6. The highest BCUT2D eigenvalue weighted by Gasteiger charge is 2.45. The molecular weight excluding hydrogens is 276 g/mol. The van der Waals surface area contributed by atoms with Crippen LogP contribution in [0, 0.1) is 23.5 Å². The van der Waals surface area contributed by atoms with Crippen LogP contribution in [0.15, 0.2) is 18.2 Å². The predicted molar refractivity (Wildman–Crippen MR) is 73.8 cm³/mol. The SMILES string of the molecule is O=C(NCCOCC1CC1)[C@@H]1C[C@H]1c1ccc(F)cc1F. The third-order valence-corrected chi connectivity index (χ3v) is 4.09. The van der Waals surface area contributed by atoms with E-state index in [-0.39, 0.29) is 17.7 Å². The molecule has 0 bridgehead atoms. The lowest BCUT2D eigenvalue weighted by Crippen LogP contribution is -2.29. The number of hydrogen-bond donors (Lipinski definition) is 1. The maximum atomic E-state index is 13.6. The Hall–Kier alpha value is -1.49. The van der Waals surface area contributed by atoms with Gasteiger partial charge in [0.2, 0.25) is 5.91 Å². The van der Waals surface area contributed by atoms with Crippen LogP contribution < -0.4 is 5.32 Å². The summed E-state index contributed by atoms with van der Waals surface area (Å²) in [6.45, 7) is 1.79. The van der Waals surface area contributed by atoms with E-state index in [0.717, 1.165) is 18.6 Å². The lowest BCUT2D eigenvalue weighted by molar-refractivity contribution is -0.122. The van der Waals surface area contributed by atoms with Crippen LogP contribution in [-0.4, -0.2) is 25.7 Å². The summed E-state index contributed by atoms with van der Waals surface area (Å²) >= 11 is 0. The second-order valence-electron chi connectivity index (χ2n) is 5.92. The Morgan fingerprint density at radius 3 is 2.86 bits per heavy atom. The Balaban J connectivity index is 1.40. The first-order valence-corrected chi connectivity index (χ1v) is 7.45. The second-order valence-corrected chi connectivity index (χ2v) is 5.92. The van der Waals surface area contributed by atoms with Crippen molar-refractivity contribution in [2.45, 2.75) is 25.2 Å². The van der Waals surface area contributed by atoms with Gasteiger partial charge in [0, 0.05) is 25.1 Å². The van der Waals surface area contributed by atoms with Gasteiger partial charge in [0.1, 0.15) is 11.6 Å². The zero-order valence-electron chi connectivity index (χ0n) is 11.8. The van der Waals surface area contributed by atoms with Gasteiger partial charge in [-0.25, -0.2) is 8.78 Å². The summed E-state index contributed by atoms with van der Waals surface area (Å²) in [4.78, 5) is 11.9. The minimum atomic E-state index is -0.592. The minimum Gasteiger partial charge on any atom is -0.379 e. The van der Waals surface area contributed by atoms with Crippen molar-refractivity contribution < 1.29 is 18.3 Å². The van der Waals surface area contributed by atoms with E-state index in [1.165, 1.54) is 25.0 Å². The van der Waals surface area contributed by atoms with E-state index < -0.39 is 11.6 Å². The zero-order valence-corrected chi connectivity index (χ0v) is 11.8. The Labute approximate surface area is 122 Å². The van der Waals surface area contributed by atoms with Gasteiger partial charge in [-0.05, 0) is 42.7 Å². The molecule has 2 aliphatic carbocycles. The fourth-order valence-electron chi connectivity index (χ4n) is 2.54. The van der Waals surface area contributed by atoms with Crippen molar-refractivity contribution in [2.75, 3.05) is 19.8 Å². The summed E-state index contributed by atoms with van der Waals surface area (Å²) in [6.07, 6.45) is 3.12. The summed E-state index contributed by atoms with van der Waals surface area (Å²) in [5.41, 5.74) is 0.432. The zero-order chi connectivity index (χ0) is 14.8. The first-order valence-electron chi connectivity index (χ1n) is 7.45. The van der Waals surface area contributed by atoms with Crippen LogP contribution in [-0.2, 0) is 9.53 Å². The van der Waals surface area contributed by atoms with Crippen LogP contribution in [0.3, 0.4) is 0 Å². The van der Waals surface area contributed by atoms with Gasteiger partial charge in [0.25, 0.3) is 0 Å². The molecule has 2 aliphatic rings. The molecule has 0 heterocycles. The fourth-order valence-corrected chi connectivity index (χ4v) is 2.54. The maximum Gasteiger partial charge on any atom is 0.223 e. The molecule has 21 heavy (non-hydrogen) atoms. The van der Waals surface area contributed by atoms with E-state index >= 15 is 0 Å². The van der Waals surface area contributed by atoms with E-state index in [1.54, 1.807) is 0 Å². The number of halogens is 2. The molecule has 0 radical (unpaired) electrons. The molecule has 1 amide bonds. The Morgan fingerprint density at radius 2 is 2.14 bits per heavy atom. The van der Waals surface area contributed by atoms with E-state index in [4.69, 9.17) is 4.74 Å². The molecule has 2 saturated carbocycles. The van der Waals surface area contributed by atoms with Crippen molar-refractivity contribution >= 4 is 5.91 Å². The minimum absolute atomic E-state index is 0.0706. The molecule has 114 valence electrons. The van der Waals surface area contributed by atoms with Crippen LogP contribution >= 0.6 is 0 Å². The normalized spacial score (nSPS) is 23.9. The van der Waals surface area contributed by atoms with E-state index in [0.29, 0.717) is 25.1 Å². The fraction of sp³-hybridized carbons (Fsp3) is 0.562. The molecule has 1 aromatic carbocycles. The van der Waals surface area contributed by atoms with Crippen molar-refractivity contribution in [3.05, 3.63) is 35.4 Å². The van der Waals surface area contributed by atoms with Crippen molar-refractivity contribution in [3.63, 3.8) is 0 Å². The van der Waals surface area contributed by atoms with Crippen molar-refractivity contribution in [1.82, 2.24) is 5.32 Å². The topological polar surface area (TPSA) is 38.3 Å². The summed E-state index contributed by atoms with van der Waals surface area (Å²) < 4.78 is 31.9. The van der Waals surface area contributed by atoms with Crippen LogP contribution in [0.25, 0.3) is 0 Å². The second kappa shape index (κ2) is 6.10. The molecule has 0 aromatic heterocycles. The summed E-state index contributed by atoms with van der Waals surface area (Å²) in [6, 6.07) is 3.53. The highest BCUT2D eigenvalue weighted by Crippen LogP contribution is 2.48. The van der Waals surface area contributed by atoms with Gasteiger partial charge in [-0.3, -0.25) is 4.79 Å². The largest absolute Gasteiger partial charge is 0.379 e. The molecule has 1 aromatic rings. The Kier molecular flexibility index (Phi) is 4.19. The number of rotatable bonds is 7. The average Bonchev–Trinajstić information content (AvgIpc) is 3.32. The average molecular weight is 295 g/mol. The summed E-state index contributed by atoms with van der Waals surface area (Å²) in [5.74, 6) is -0.839. The van der Waals surface area contributed by atoms with Crippen LogP contribution in [0.5, 0.6) is 0 Å². The van der Waals surface area contributed by atoms with Crippen molar-refractivity contribution in [2.24, 2.45) is 11.8 Å². The van der Waals surface area contributed by atoms with E-state index in [2.05, 4.69) is 5.32 Å². The lowest BCUT2D eigenvalue weighted by atomic mass is 10.1. The monoisotopic (exact) mass is 295 g/mol. The molecule has 2 atom stereocenters. The number of benzene rings is 1. The molecule has 0 aliphatic heterocycles. The van der Waals surface area contributed by atoms with Gasteiger partial charge in [-0.2, -0.15) is 0 Å². The molecule has 5 heteroatoms. The van der Waals surface area contributed by atoms with Gasteiger partial charge < -0.3 is 10.1 Å². The third-order valence-electron chi connectivity index (χ3n) is 4.09. The predicted octanol–water partition coefficient (Wildman–Crippen LogP) is 2.61. The number of ether oxygens (including phenoxy) is 1. The number of amides is 1. The molecule has 0 unspecified atom stereocenters. The third kappa shape index (κ3) is 3.79. The number of hydrogen-bond acceptors (Lipinski definition) is 2.